The second kappa shape index (κ2) is 4.87. The van der Waals surface area contributed by atoms with Gasteiger partial charge in [0.1, 0.15) is 0 Å². The van der Waals surface area contributed by atoms with Crippen LogP contribution in [0.1, 0.15) is 0 Å². The quantitative estimate of drug-likeness (QED) is 0.872. The van der Waals surface area contributed by atoms with Crippen LogP contribution in [0.2, 0.25) is 4.34 Å². The topological polar surface area (TPSA) is 75.1 Å². The van der Waals surface area contributed by atoms with Crippen LogP contribution in [-0.2, 0) is 6.54 Å². The van der Waals surface area contributed by atoms with Gasteiger partial charge < -0.3 is 5.11 Å². The number of thiophene rings is 1. The molecule has 0 bridgehead atoms. The maximum Gasteiger partial charge on any atom is 0.328 e. The average Bonchev–Trinajstić information content (AvgIpc) is 2.68. The van der Waals surface area contributed by atoms with Crippen molar-refractivity contribution < 1.29 is 5.11 Å². The highest BCUT2D eigenvalue weighted by Gasteiger charge is 2.10. The van der Waals surface area contributed by atoms with Crippen molar-refractivity contribution in [1.82, 2.24) is 9.55 Å². The fraction of sp³-hybridized carbons (Fsp3) is 0.200. The first kappa shape index (κ1) is 12.1. The molecule has 7 heteroatoms. The molecule has 0 unspecified atom stereocenters. The van der Waals surface area contributed by atoms with Crippen LogP contribution in [0.15, 0.2) is 27.8 Å². The lowest BCUT2D eigenvalue weighted by atomic mass is 10.3. The molecule has 2 N–H and O–H groups in total. The normalized spacial score (nSPS) is 10.7. The standard InChI is InChI=1S/C10H9ClN2O3S/c11-8-2-1-7(17-8)6-5-9(15)12-10(16)13(6)3-4-14/h1-2,5,14H,3-4H2,(H,12,15,16). The van der Waals surface area contributed by atoms with Gasteiger partial charge in [-0.1, -0.05) is 11.6 Å². The van der Waals surface area contributed by atoms with Crippen molar-refractivity contribution in [3.8, 4) is 10.6 Å². The zero-order valence-electron chi connectivity index (χ0n) is 8.64. The molecule has 2 heterocycles. The van der Waals surface area contributed by atoms with Gasteiger partial charge in [0.25, 0.3) is 5.56 Å². The first-order valence-electron chi connectivity index (χ1n) is 4.82. The lowest BCUT2D eigenvalue weighted by molar-refractivity contribution is 0.274. The Kier molecular flexibility index (Phi) is 3.46. The molecule has 0 spiro atoms. The van der Waals surface area contributed by atoms with E-state index in [1.165, 1.54) is 22.0 Å². The van der Waals surface area contributed by atoms with Crippen LogP contribution in [-0.4, -0.2) is 21.3 Å². The van der Waals surface area contributed by atoms with Gasteiger partial charge in [0.05, 0.1) is 28.1 Å². The molecule has 90 valence electrons. The molecule has 2 aromatic heterocycles. The fourth-order valence-electron chi connectivity index (χ4n) is 1.50. The zero-order chi connectivity index (χ0) is 12.4. The van der Waals surface area contributed by atoms with Crippen molar-refractivity contribution in [3.63, 3.8) is 0 Å². The molecule has 0 fully saturated rings. The van der Waals surface area contributed by atoms with Gasteiger partial charge in [-0.25, -0.2) is 4.79 Å². The van der Waals surface area contributed by atoms with E-state index >= 15 is 0 Å². The van der Waals surface area contributed by atoms with Gasteiger partial charge in [-0.2, -0.15) is 0 Å². The molecule has 5 nitrogen and oxygen atoms in total. The van der Waals surface area contributed by atoms with Crippen LogP contribution in [0.25, 0.3) is 10.6 Å². The Hall–Kier alpha value is -1.37. The van der Waals surface area contributed by atoms with Gasteiger partial charge in [0.15, 0.2) is 0 Å². The third kappa shape index (κ3) is 2.49. The van der Waals surface area contributed by atoms with E-state index in [-0.39, 0.29) is 13.2 Å². The summed E-state index contributed by atoms with van der Waals surface area (Å²) in [7, 11) is 0. The van der Waals surface area contributed by atoms with Crippen molar-refractivity contribution in [2.45, 2.75) is 6.54 Å². The van der Waals surface area contributed by atoms with E-state index in [4.69, 9.17) is 16.7 Å². The van der Waals surface area contributed by atoms with Crippen LogP contribution >= 0.6 is 22.9 Å². The first-order valence-corrected chi connectivity index (χ1v) is 6.02. The second-order valence-corrected chi connectivity index (χ2v) is 5.02. The Balaban J connectivity index is 2.66. The summed E-state index contributed by atoms with van der Waals surface area (Å²) in [6.07, 6.45) is 0. The van der Waals surface area contributed by atoms with Crippen LogP contribution in [0.3, 0.4) is 0 Å². The number of aromatic amines is 1. The highest BCUT2D eigenvalue weighted by atomic mass is 35.5. The minimum Gasteiger partial charge on any atom is -0.395 e. The van der Waals surface area contributed by atoms with E-state index < -0.39 is 11.2 Å². The van der Waals surface area contributed by atoms with E-state index in [9.17, 15) is 9.59 Å². The number of rotatable bonds is 3. The van der Waals surface area contributed by atoms with Crippen molar-refractivity contribution in [3.05, 3.63) is 43.4 Å². The Morgan fingerprint density at radius 3 is 2.76 bits per heavy atom. The third-order valence-electron chi connectivity index (χ3n) is 2.18. The van der Waals surface area contributed by atoms with Crippen molar-refractivity contribution in [2.75, 3.05) is 6.61 Å². The number of nitrogens with one attached hydrogen (secondary N) is 1. The molecule has 0 radical (unpaired) electrons. The molecule has 0 atom stereocenters. The summed E-state index contributed by atoms with van der Waals surface area (Å²) < 4.78 is 1.88. The van der Waals surface area contributed by atoms with Crippen molar-refractivity contribution in [1.29, 1.82) is 0 Å². The lowest BCUT2D eigenvalue weighted by Crippen LogP contribution is -2.31. The van der Waals surface area contributed by atoms with E-state index in [1.54, 1.807) is 12.1 Å². The molecule has 0 amide bonds. The molecular formula is C10H9ClN2O3S. The van der Waals surface area contributed by atoms with Gasteiger partial charge in [0.2, 0.25) is 0 Å². The summed E-state index contributed by atoms with van der Waals surface area (Å²) in [6.45, 7) is -0.0570. The summed E-state index contributed by atoms with van der Waals surface area (Å²) in [5.74, 6) is 0. The monoisotopic (exact) mass is 272 g/mol. The lowest BCUT2D eigenvalue weighted by Gasteiger charge is -2.08. The molecule has 0 saturated heterocycles. The highest BCUT2D eigenvalue weighted by molar-refractivity contribution is 7.19. The number of hydrogen-bond acceptors (Lipinski definition) is 4. The minimum atomic E-state index is -0.536. The van der Waals surface area contributed by atoms with Crippen LogP contribution in [0, 0.1) is 0 Å². The van der Waals surface area contributed by atoms with Crippen LogP contribution in [0.5, 0.6) is 0 Å². The van der Waals surface area contributed by atoms with E-state index in [1.807, 2.05) is 0 Å². The molecule has 0 aliphatic rings. The van der Waals surface area contributed by atoms with Gasteiger partial charge in [-0.15, -0.1) is 11.3 Å². The van der Waals surface area contributed by atoms with E-state index in [2.05, 4.69) is 4.98 Å². The zero-order valence-corrected chi connectivity index (χ0v) is 10.2. The molecule has 2 aromatic rings. The van der Waals surface area contributed by atoms with Gasteiger partial charge in [0, 0.05) is 6.07 Å². The number of aliphatic hydroxyl groups excluding tert-OH is 1. The Labute approximate surface area is 105 Å². The fourth-order valence-corrected chi connectivity index (χ4v) is 2.57. The Morgan fingerprint density at radius 1 is 1.41 bits per heavy atom. The molecule has 0 aliphatic heterocycles. The summed E-state index contributed by atoms with van der Waals surface area (Å²) in [4.78, 5) is 25.8. The number of aromatic nitrogens is 2. The summed E-state index contributed by atoms with van der Waals surface area (Å²) in [6, 6.07) is 4.74. The molecule has 17 heavy (non-hydrogen) atoms. The van der Waals surface area contributed by atoms with E-state index in [0.717, 1.165) is 0 Å². The summed E-state index contributed by atoms with van der Waals surface area (Å²) in [5.41, 5.74) is -0.542. The first-order chi connectivity index (χ1) is 8.11. The largest absolute Gasteiger partial charge is 0.395 e. The van der Waals surface area contributed by atoms with Gasteiger partial charge in [-0.05, 0) is 12.1 Å². The van der Waals surface area contributed by atoms with Gasteiger partial charge in [-0.3, -0.25) is 14.3 Å². The number of aliphatic hydroxyl groups is 1. The van der Waals surface area contributed by atoms with Gasteiger partial charge >= 0.3 is 5.69 Å². The maximum absolute atomic E-state index is 11.6. The maximum atomic E-state index is 11.6. The Bertz CT molecular complexity index is 643. The highest BCUT2D eigenvalue weighted by Crippen LogP contribution is 2.29. The summed E-state index contributed by atoms with van der Waals surface area (Å²) in [5, 5.41) is 8.92. The van der Waals surface area contributed by atoms with Crippen molar-refractivity contribution >= 4 is 22.9 Å². The number of nitrogens with zero attached hydrogens (tertiary/aromatic N) is 1. The smallest absolute Gasteiger partial charge is 0.328 e. The number of H-pyrrole nitrogens is 1. The average molecular weight is 273 g/mol. The predicted molar refractivity (Wildman–Crippen MR) is 66.7 cm³/mol. The Morgan fingerprint density at radius 2 is 2.18 bits per heavy atom. The van der Waals surface area contributed by atoms with E-state index in [0.29, 0.717) is 14.9 Å². The number of halogens is 1. The molecular weight excluding hydrogens is 264 g/mol. The minimum absolute atomic E-state index is 0.125. The molecule has 2 rings (SSSR count). The predicted octanol–water partition coefficient (Wildman–Crippen LogP) is 0.911. The molecule has 0 aromatic carbocycles. The van der Waals surface area contributed by atoms with Crippen LogP contribution in [0.4, 0.5) is 0 Å². The third-order valence-corrected chi connectivity index (χ3v) is 3.44. The van der Waals surface area contributed by atoms with Crippen molar-refractivity contribution in [2.24, 2.45) is 0 Å². The second-order valence-electron chi connectivity index (χ2n) is 3.30. The van der Waals surface area contributed by atoms with Crippen LogP contribution < -0.4 is 11.2 Å². The SMILES string of the molecule is O=c1cc(-c2ccc(Cl)s2)n(CCO)c(=O)[nH]1. The number of hydrogen-bond donors (Lipinski definition) is 2. The molecule has 0 saturated carbocycles. The molecule has 0 aliphatic carbocycles. The summed E-state index contributed by atoms with van der Waals surface area (Å²) >= 11 is 7.08.